The van der Waals surface area contributed by atoms with Crippen molar-refractivity contribution in [3.63, 3.8) is 0 Å². The van der Waals surface area contributed by atoms with Crippen LogP contribution in [0.4, 0.5) is 11.5 Å². The highest BCUT2D eigenvalue weighted by molar-refractivity contribution is 6.30. The van der Waals surface area contributed by atoms with Crippen molar-refractivity contribution >= 4 is 52.0 Å². The van der Waals surface area contributed by atoms with Gasteiger partial charge in [0, 0.05) is 18.2 Å². The summed E-state index contributed by atoms with van der Waals surface area (Å²) in [5.74, 6) is -1.54. The molecular weight excluding hydrogens is 498 g/mol. The number of likely N-dealkylation sites (tertiary alicyclic amines) is 1. The zero-order valence-corrected chi connectivity index (χ0v) is 21.2. The number of nitrogens with one attached hydrogen (secondary N) is 2. The van der Waals surface area contributed by atoms with Crippen molar-refractivity contribution in [1.82, 2.24) is 14.9 Å². The highest BCUT2D eigenvalue weighted by Crippen LogP contribution is 2.34. The lowest BCUT2D eigenvalue weighted by Crippen LogP contribution is -2.38. The first-order valence-electron chi connectivity index (χ1n) is 12.4. The number of hydrogen-bond acceptors (Lipinski definition) is 8. The van der Waals surface area contributed by atoms with Crippen molar-refractivity contribution in [3.05, 3.63) is 46.9 Å². The number of hydrogen-bond donors (Lipinski definition) is 2. The van der Waals surface area contributed by atoms with Crippen LogP contribution < -0.4 is 10.6 Å². The summed E-state index contributed by atoms with van der Waals surface area (Å²) in [4.78, 5) is 49.5. The number of carbonyl (C=O) groups excluding carboxylic acids is 3. The summed E-state index contributed by atoms with van der Waals surface area (Å²) in [6, 6.07) is 6.62. The Morgan fingerprint density at radius 2 is 1.81 bits per heavy atom. The third-order valence-corrected chi connectivity index (χ3v) is 7.30. The summed E-state index contributed by atoms with van der Waals surface area (Å²) in [5, 5.41) is 5.96. The zero-order valence-electron chi connectivity index (χ0n) is 20.5. The van der Waals surface area contributed by atoms with Gasteiger partial charge in [-0.1, -0.05) is 11.6 Å². The molecule has 1 aliphatic heterocycles. The van der Waals surface area contributed by atoms with Crippen LogP contribution in [0.3, 0.4) is 0 Å². The van der Waals surface area contributed by atoms with Gasteiger partial charge in [0.05, 0.1) is 12.1 Å². The quantitative estimate of drug-likeness (QED) is 0.450. The van der Waals surface area contributed by atoms with Crippen LogP contribution in [-0.2, 0) is 9.53 Å². The van der Waals surface area contributed by atoms with Gasteiger partial charge in [-0.05, 0) is 75.9 Å². The first-order chi connectivity index (χ1) is 17.9. The van der Waals surface area contributed by atoms with Crippen LogP contribution in [0.25, 0.3) is 11.1 Å². The first-order valence-corrected chi connectivity index (χ1v) is 12.8. The molecule has 0 atom stereocenters. The smallest absolute Gasteiger partial charge is 0.356 e. The van der Waals surface area contributed by atoms with Crippen molar-refractivity contribution in [3.8, 4) is 0 Å². The average molecular weight is 526 g/mol. The second-order valence-electron chi connectivity index (χ2n) is 9.39. The van der Waals surface area contributed by atoms with E-state index in [2.05, 4.69) is 25.5 Å². The minimum absolute atomic E-state index is 0.0312. The molecular formula is C26H28ClN5O5. The third-order valence-electron chi connectivity index (χ3n) is 7.08. The number of aromatic nitrogens is 2. The number of pyridine rings is 2. The van der Waals surface area contributed by atoms with E-state index in [0.29, 0.717) is 11.1 Å². The fourth-order valence-electron chi connectivity index (χ4n) is 5.13. The standard InChI is InChI=1S/C26H28ClN5O5/c1-36-26(35)18-9-10-19-21(29-18)22(23(37-19)25(34)30-20-11-6-16(27)14-28-20)31-24(33)15-4-7-17(8-5-15)32-12-2-3-13-32/h6,9-11,14-15,17H,2-5,7-8,12-13H2,1H3,(H,31,33)(H,28,30,34)/t15-,17-. The highest BCUT2D eigenvalue weighted by Gasteiger charge is 2.32. The van der Waals surface area contributed by atoms with Crippen LogP contribution in [0.1, 0.15) is 59.6 Å². The highest BCUT2D eigenvalue weighted by atomic mass is 35.5. The summed E-state index contributed by atoms with van der Waals surface area (Å²) < 4.78 is 10.6. The fourth-order valence-corrected chi connectivity index (χ4v) is 5.24. The molecule has 2 aliphatic rings. The van der Waals surface area contributed by atoms with Crippen molar-refractivity contribution in [2.45, 2.75) is 44.6 Å². The molecule has 11 heteroatoms. The largest absolute Gasteiger partial charge is 0.464 e. The topological polar surface area (TPSA) is 127 Å². The van der Waals surface area contributed by atoms with Crippen LogP contribution in [0.5, 0.6) is 0 Å². The number of furan rings is 1. The molecule has 1 saturated carbocycles. The van der Waals surface area contributed by atoms with Crippen LogP contribution in [0.15, 0.2) is 34.9 Å². The van der Waals surface area contributed by atoms with E-state index in [-0.39, 0.29) is 45.9 Å². The van der Waals surface area contributed by atoms with Gasteiger partial charge in [-0.2, -0.15) is 0 Å². The van der Waals surface area contributed by atoms with E-state index < -0.39 is 11.9 Å². The molecule has 1 aliphatic carbocycles. The summed E-state index contributed by atoms with van der Waals surface area (Å²) >= 11 is 5.88. The summed E-state index contributed by atoms with van der Waals surface area (Å²) in [6.45, 7) is 2.27. The van der Waals surface area contributed by atoms with E-state index in [1.165, 1.54) is 38.3 Å². The minimum Gasteiger partial charge on any atom is -0.464 e. The van der Waals surface area contributed by atoms with E-state index in [0.717, 1.165) is 38.8 Å². The molecule has 5 rings (SSSR count). The lowest BCUT2D eigenvalue weighted by atomic mass is 9.85. The van der Waals surface area contributed by atoms with Gasteiger partial charge >= 0.3 is 5.97 Å². The Morgan fingerprint density at radius 1 is 1.05 bits per heavy atom. The molecule has 0 unspecified atom stereocenters. The molecule has 0 aromatic carbocycles. The van der Waals surface area contributed by atoms with Gasteiger partial charge in [0.15, 0.2) is 5.58 Å². The SMILES string of the molecule is COC(=O)c1ccc2oc(C(=O)Nc3ccc(Cl)cn3)c(NC(=O)[C@H]3CC[C@H](N4CCCC4)CC3)c2n1. The second-order valence-corrected chi connectivity index (χ2v) is 9.83. The minimum atomic E-state index is -0.642. The van der Waals surface area contributed by atoms with Crippen LogP contribution in [-0.4, -0.2) is 58.9 Å². The number of nitrogens with zero attached hydrogens (tertiary/aromatic N) is 3. The molecule has 4 heterocycles. The van der Waals surface area contributed by atoms with Crippen molar-refractivity contribution in [1.29, 1.82) is 0 Å². The fraction of sp³-hybridized carbons (Fsp3) is 0.423. The van der Waals surface area contributed by atoms with Crippen molar-refractivity contribution in [2.75, 3.05) is 30.8 Å². The third kappa shape index (κ3) is 5.45. The molecule has 3 aromatic heterocycles. The molecule has 0 spiro atoms. The molecule has 10 nitrogen and oxygen atoms in total. The normalized spacial score (nSPS) is 20.1. The van der Waals surface area contributed by atoms with E-state index in [9.17, 15) is 14.4 Å². The van der Waals surface area contributed by atoms with Gasteiger partial charge in [0.2, 0.25) is 11.7 Å². The maximum atomic E-state index is 13.3. The predicted octanol–water partition coefficient (Wildman–Crippen LogP) is 4.51. The number of halogens is 1. The summed E-state index contributed by atoms with van der Waals surface area (Å²) in [5.41, 5.74) is 0.578. The number of fused-ring (bicyclic) bond motifs is 1. The number of esters is 1. The monoisotopic (exact) mass is 525 g/mol. The van der Waals surface area contributed by atoms with Gasteiger partial charge < -0.3 is 24.7 Å². The molecule has 2 amide bonds. The van der Waals surface area contributed by atoms with E-state index in [1.807, 2.05) is 0 Å². The maximum absolute atomic E-state index is 13.3. The van der Waals surface area contributed by atoms with E-state index >= 15 is 0 Å². The molecule has 0 radical (unpaired) electrons. The maximum Gasteiger partial charge on any atom is 0.356 e. The van der Waals surface area contributed by atoms with Crippen molar-refractivity contribution < 1.29 is 23.5 Å². The number of amides is 2. The molecule has 1 saturated heterocycles. The van der Waals surface area contributed by atoms with E-state index in [1.54, 1.807) is 12.1 Å². The summed E-state index contributed by atoms with van der Waals surface area (Å²) in [6.07, 6.45) is 7.34. The number of rotatable bonds is 6. The molecule has 2 N–H and O–H groups in total. The molecule has 37 heavy (non-hydrogen) atoms. The Balaban J connectivity index is 1.40. The van der Waals surface area contributed by atoms with Crippen LogP contribution in [0, 0.1) is 5.92 Å². The predicted molar refractivity (Wildman–Crippen MR) is 138 cm³/mol. The van der Waals surface area contributed by atoms with Gasteiger partial charge in [0.25, 0.3) is 5.91 Å². The lowest BCUT2D eigenvalue weighted by Gasteiger charge is -2.33. The zero-order chi connectivity index (χ0) is 25.9. The van der Waals surface area contributed by atoms with Gasteiger partial charge in [-0.15, -0.1) is 0 Å². The number of anilines is 2. The van der Waals surface area contributed by atoms with Gasteiger partial charge in [-0.25, -0.2) is 14.8 Å². The molecule has 2 fully saturated rings. The van der Waals surface area contributed by atoms with Crippen LogP contribution in [0.2, 0.25) is 5.02 Å². The Bertz CT molecular complexity index is 1310. The average Bonchev–Trinajstić information content (AvgIpc) is 3.58. The van der Waals surface area contributed by atoms with Gasteiger partial charge in [0.1, 0.15) is 22.7 Å². The van der Waals surface area contributed by atoms with Gasteiger partial charge in [-0.3, -0.25) is 9.59 Å². The number of ether oxygens (including phenoxy) is 1. The Labute approximate surface area is 218 Å². The van der Waals surface area contributed by atoms with Crippen LogP contribution >= 0.6 is 11.6 Å². The molecule has 194 valence electrons. The molecule has 3 aromatic rings. The number of carbonyl (C=O) groups is 3. The Kier molecular flexibility index (Phi) is 7.38. The molecule has 0 bridgehead atoms. The Morgan fingerprint density at radius 3 is 2.49 bits per heavy atom. The Hall–Kier alpha value is -3.50. The second kappa shape index (κ2) is 10.9. The number of methoxy groups -OCH3 is 1. The van der Waals surface area contributed by atoms with E-state index in [4.69, 9.17) is 20.8 Å². The summed E-state index contributed by atoms with van der Waals surface area (Å²) in [7, 11) is 1.25. The lowest BCUT2D eigenvalue weighted by molar-refractivity contribution is -0.121. The first kappa shape index (κ1) is 25.2. The van der Waals surface area contributed by atoms with Crippen molar-refractivity contribution in [2.24, 2.45) is 5.92 Å².